The van der Waals surface area contributed by atoms with Gasteiger partial charge in [0.15, 0.2) is 11.5 Å². The monoisotopic (exact) mass is 342 g/mol. The number of fused-ring (bicyclic) bond motifs is 3. The van der Waals surface area contributed by atoms with Crippen molar-refractivity contribution in [1.29, 1.82) is 0 Å². The van der Waals surface area contributed by atoms with Crippen LogP contribution in [-0.2, 0) is 9.59 Å². The molecule has 1 fully saturated rings. The highest BCUT2D eigenvalue weighted by molar-refractivity contribution is 6.12. The Kier molecular flexibility index (Phi) is 4.13. The van der Waals surface area contributed by atoms with Gasteiger partial charge in [0.25, 0.3) is 0 Å². The molecular weight excluding hydrogens is 312 g/mol. The average Bonchev–Trinajstić information content (AvgIpc) is 2.49. The van der Waals surface area contributed by atoms with E-state index in [2.05, 4.69) is 20.8 Å². The zero-order valence-corrected chi connectivity index (χ0v) is 16.3. The van der Waals surface area contributed by atoms with Crippen LogP contribution in [0.1, 0.15) is 67.2 Å². The van der Waals surface area contributed by atoms with Gasteiger partial charge in [-0.3, -0.25) is 9.59 Å². The van der Waals surface area contributed by atoms with Crippen LogP contribution in [-0.4, -0.2) is 16.7 Å². The molecular formula is C22H30O3. The van der Waals surface area contributed by atoms with E-state index in [1.165, 1.54) is 0 Å². The third-order valence-corrected chi connectivity index (χ3v) is 6.65. The lowest BCUT2D eigenvalue weighted by atomic mass is 9.48. The maximum absolute atomic E-state index is 13.5. The first-order valence-electron chi connectivity index (χ1n) is 9.54. The first kappa shape index (κ1) is 18.2. The van der Waals surface area contributed by atoms with E-state index in [9.17, 15) is 14.7 Å². The molecule has 3 nitrogen and oxygen atoms in total. The number of carbonyl (C=O) groups is 2. The lowest BCUT2D eigenvalue weighted by Crippen LogP contribution is -2.52. The van der Waals surface area contributed by atoms with Gasteiger partial charge in [-0.15, -0.1) is 0 Å². The molecule has 0 bridgehead atoms. The molecule has 1 N–H and O–H groups in total. The molecule has 0 aromatic carbocycles. The third-order valence-electron chi connectivity index (χ3n) is 6.65. The summed E-state index contributed by atoms with van der Waals surface area (Å²) in [5.41, 5.74) is 2.35. The van der Waals surface area contributed by atoms with Crippen LogP contribution < -0.4 is 0 Å². The standard InChI is InChI=1S/C22H30O3/c1-7-13-15-11-14(12(2)3)17(23)19(25)16(15)22(6)10-8-9-21(4,5)20(22)18(13)24/h11-12,20,25H,7-10H2,1-6H3/t20-,22+/m0/s1. The van der Waals surface area contributed by atoms with Gasteiger partial charge in [-0.05, 0) is 42.2 Å². The number of allylic oxidation sites excluding steroid dienone is 5. The van der Waals surface area contributed by atoms with Crippen molar-refractivity contribution in [2.24, 2.45) is 22.7 Å². The smallest absolute Gasteiger partial charge is 0.223 e. The fourth-order valence-electron chi connectivity index (χ4n) is 5.56. The van der Waals surface area contributed by atoms with Crippen LogP contribution in [0.25, 0.3) is 0 Å². The number of rotatable bonds is 2. The van der Waals surface area contributed by atoms with Gasteiger partial charge >= 0.3 is 0 Å². The van der Waals surface area contributed by atoms with Gasteiger partial charge in [0.2, 0.25) is 5.78 Å². The van der Waals surface area contributed by atoms with Crippen molar-refractivity contribution >= 4 is 11.6 Å². The second kappa shape index (κ2) is 5.69. The molecule has 3 aliphatic carbocycles. The minimum Gasteiger partial charge on any atom is -0.504 e. The molecule has 0 amide bonds. The lowest BCUT2D eigenvalue weighted by molar-refractivity contribution is -0.131. The zero-order chi connectivity index (χ0) is 18.7. The quantitative estimate of drug-likeness (QED) is 0.761. The summed E-state index contributed by atoms with van der Waals surface area (Å²) in [7, 11) is 0. The zero-order valence-electron chi connectivity index (χ0n) is 16.3. The van der Waals surface area contributed by atoms with Crippen molar-refractivity contribution in [1.82, 2.24) is 0 Å². The Labute approximate surface area is 150 Å². The Hall–Kier alpha value is -1.64. The fraction of sp³-hybridized carbons (Fsp3) is 0.636. The number of carbonyl (C=O) groups excluding carboxylic acids is 2. The van der Waals surface area contributed by atoms with Crippen LogP contribution in [0.5, 0.6) is 0 Å². The number of aliphatic hydroxyl groups excluding tert-OH is 1. The summed E-state index contributed by atoms with van der Waals surface area (Å²) in [5, 5.41) is 10.9. The summed E-state index contributed by atoms with van der Waals surface area (Å²) in [4.78, 5) is 26.2. The first-order chi connectivity index (χ1) is 11.6. The van der Waals surface area contributed by atoms with E-state index in [1.54, 1.807) is 0 Å². The SMILES string of the molecule is CCC1=C2C=C(C(C)C)C(=O)C(O)=C2[C@@]2(C)CCCC(C)(C)[C@@H]2C1=O. The summed E-state index contributed by atoms with van der Waals surface area (Å²) in [6, 6.07) is 0. The highest BCUT2D eigenvalue weighted by Gasteiger charge is 2.57. The molecule has 3 heteroatoms. The van der Waals surface area contributed by atoms with Gasteiger partial charge in [-0.2, -0.15) is 0 Å². The van der Waals surface area contributed by atoms with Crippen molar-refractivity contribution in [2.75, 3.05) is 0 Å². The number of hydrogen-bond donors (Lipinski definition) is 1. The Balaban J connectivity index is 2.35. The van der Waals surface area contributed by atoms with Gasteiger partial charge in [0, 0.05) is 28.1 Å². The summed E-state index contributed by atoms with van der Waals surface area (Å²) in [6.07, 6.45) is 5.37. The highest BCUT2D eigenvalue weighted by Crippen LogP contribution is 2.61. The van der Waals surface area contributed by atoms with Gasteiger partial charge in [0.05, 0.1) is 0 Å². The molecule has 3 rings (SSSR count). The molecule has 25 heavy (non-hydrogen) atoms. The predicted molar refractivity (Wildman–Crippen MR) is 99.1 cm³/mol. The van der Waals surface area contributed by atoms with Crippen LogP contribution in [0.2, 0.25) is 0 Å². The molecule has 2 atom stereocenters. The summed E-state index contributed by atoms with van der Waals surface area (Å²) in [5.74, 6) is -0.321. The van der Waals surface area contributed by atoms with Gasteiger partial charge in [0.1, 0.15) is 0 Å². The Morgan fingerprint density at radius 2 is 1.84 bits per heavy atom. The number of hydrogen-bond acceptors (Lipinski definition) is 3. The van der Waals surface area contributed by atoms with Crippen LogP contribution >= 0.6 is 0 Å². The van der Waals surface area contributed by atoms with E-state index in [0.717, 1.165) is 36.0 Å². The van der Waals surface area contributed by atoms with Gasteiger partial charge in [-0.25, -0.2) is 0 Å². The normalized spacial score (nSPS) is 32.0. The van der Waals surface area contributed by atoms with E-state index in [1.807, 2.05) is 26.8 Å². The van der Waals surface area contributed by atoms with Crippen molar-refractivity contribution in [2.45, 2.75) is 67.2 Å². The summed E-state index contributed by atoms with van der Waals surface area (Å²) >= 11 is 0. The Morgan fingerprint density at radius 1 is 1.20 bits per heavy atom. The van der Waals surface area contributed by atoms with Gasteiger partial charge in [-0.1, -0.05) is 48.0 Å². The molecule has 0 unspecified atom stereocenters. The summed E-state index contributed by atoms with van der Waals surface area (Å²) < 4.78 is 0. The van der Waals surface area contributed by atoms with E-state index in [4.69, 9.17) is 0 Å². The molecule has 0 heterocycles. The molecule has 0 aromatic heterocycles. The van der Waals surface area contributed by atoms with Crippen molar-refractivity contribution in [3.8, 4) is 0 Å². The largest absolute Gasteiger partial charge is 0.504 e. The van der Waals surface area contributed by atoms with Crippen LogP contribution in [0.15, 0.2) is 34.1 Å². The molecule has 0 aromatic rings. The highest BCUT2D eigenvalue weighted by atomic mass is 16.3. The molecule has 0 spiro atoms. The van der Waals surface area contributed by atoms with Gasteiger partial charge < -0.3 is 5.11 Å². The molecule has 0 aliphatic heterocycles. The van der Waals surface area contributed by atoms with Crippen LogP contribution in [0, 0.1) is 22.7 Å². The summed E-state index contributed by atoms with van der Waals surface area (Å²) in [6.45, 7) is 12.3. The van der Waals surface area contributed by atoms with Crippen molar-refractivity contribution < 1.29 is 14.7 Å². The van der Waals surface area contributed by atoms with Crippen molar-refractivity contribution in [3.05, 3.63) is 34.1 Å². The lowest BCUT2D eigenvalue weighted by Gasteiger charge is -2.54. The number of ketones is 2. The Bertz CT molecular complexity index is 745. The molecule has 0 saturated heterocycles. The van der Waals surface area contributed by atoms with Crippen molar-refractivity contribution in [3.63, 3.8) is 0 Å². The number of aliphatic hydroxyl groups is 1. The second-order valence-electron chi connectivity index (χ2n) is 9.11. The van der Waals surface area contributed by atoms with E-state index < -0.39 is 5.41 Å². The predicted octanol–water partition coefficient (Wildman–Crippen LogP) is 5.09. The minimum atomic E-state index is -0.467. The Morgan fingerprint density at radius 3 is 2.40 bits per heavy atom. The maximum atomic E-state index is 13.5. The topological polar surface area (TPSA) is 54.4 Å². The molecule has 3 aliphatic rings. The van der Waals surface area contributed by atoms with Crippen LogP contribution in [0.4, 0.5) is 0 Å². The first-order valence-corrected chi connectivity index (χ1v) is 9.54. The number of Topliss-reactive ketones (excluding diaryl/α,β-unsaturated/α-hetero) is 2. The fourth-order valence-corrected chi connectivity index (χ4v) is 5.56. The maximum Gasteiger partial charge on any atom is 0.223 e. The minimum absolute atomic E-state index is 0.0187. The van der Waals surface area contributed by atoms with E-state index >= 15 is 0 Å². The molecule has 0 radical (unpaired) electrons. The third kappa shape index (κ3) is 2.38. The molecule has 1 saturated carbocycles. The van der Waals surface area contributed by atoms with E-state index in [0.29, 0.717) is 12.0 Å². The van der Waals surface area contributed by atoms with Crippen LogP contribution in [0.3, 0.4) is 0 Å². The average molecular weight is 342 g/mol. The molecule has 136 valence electrons. The second-order valence-corrected chi connectivity index (χ2v) is 9.11. The van der Waals surface area contributed by atoms with E-state index in [-0.39, 0.29) is 34.6 Å².